The van der Waals surface area contributed by atoms with Gasteiger partial charge in [-0.25, -0.2) is 19.9 Å². The van der Waals surface area contributed by atoms with Gasteiger partial charge in [-0.05, 0) is 95.1 Å². The zero-order chi connectivity index (χ0) is 42.4. The predicted octanol–water partition coefficient (Wildman–Crippen LogP) is 14.3. The first kappa shape index (κ1) is 37.1. The molecule has 12 rings (SSSR count). The van der Waals surface area contributed by atoms with Gasteiger partial charge in [0, 0.05) is 33.6 Å². The van der Waals surface area contributed by atoms with Crippen LogP contribution in [0.2, 0.25) is 0 Å². The minimum Gasteiger partial charge on any atom is -0.292 e. The van der Waals surface area contributed by atoms with Crippen LogP contribution >= 0.6 is 0 Å². The van der Waals surface area contributed by atoms with Gasteiger partial charge >= 0.3 is 0 Å². The molecule has 0 saturated carbocycles. The van der Waals surface area contributed by atoms with Gasteiger partial charge in [-0.15, -0.1) is 0 Å². The molecule has 0 spiro atoms. The molecule has 6 heteroatoms. The number of aromatic nitrogens is 6. The third-order valence-electron chi connectivity index (χ3n) is 11.9. The summed E-state index contributed by atoms with van der Waals surface area (Å²) in [6, 6.07) is 80.2. The molecule has 0 aliphatic rings. The molecule has 3 aromatic heterocycles. The normalized spacial score (nSPS) is 11.4. The van der Waals surface area contributed by atoms with Crippen molar-refractivity contribution in [3.8, 4) is 78.9 Å². The highest BCUT2D eigenvalue weighted by molar-refractivity contribution is 5.90. The van der Waals surface area contributed by atoms with E-state index in [1.165, 1.54) is 0 Å². The maximum atomic E-state index is 5.29. The van der Waals surface area contributed by atoms with Crippen molar-refractivity contribution in [1.82, 2.24) is 29.1 Å². The molecule has 0 unspecified atom stereocenters. The summed E-state index contributed by atoms with van der Waals surface area (Å²) in [5.74, 6) is 1.82. The molecule has 12 aromatic rings. The Bertz CT molecular complexity index is 3400. The summed E-state index contributed by atoms with van der Waals surface area (Å²) in [5, 5.41) is 0. The van der Waals surface area contributed by atoms with Gasteiger partial charge in [0.1, 0.15) is 11.6 Å². The fraction of sp³-hybridized carbons (Fsp3) is 0. The smallest absolute Gasteiger partial charge is 0.145 e. The number of hydrogen-bond donors (Lipinski definition) is 0. The van der Waals surface area contributed by atoms with Crippen LogP contribution in [0.5, 0.6) is 0 Å². The van der Waals surface area contributed by atoms with E-state index >= 15 is 0 Å². The Morgan fingerprint density at radius 2 is 0.578 bits per heavy atom. The molecule has 3 heterocycles. The van der Waals surface area contributed by atoms with Gasteiger partial charge in [0.15, 0.2) is 0 Å². The van der Waals surface area contributed by atoms with Crippen molar-refractivity contribution in [3.05, 3.63) is 231 Å². The van der Waals surface area contributed by atoms with E-state index in [2.05, 4.69) is 191 Å². The Hall–Kier alpha value is -8.74. The molecule has 0 radical (unpaired) electrons. The Morgan fingerprint density at radius 3 is 1.00 bits per heavy atom. The molecule has 0 bridgehead atoms. The van der Waals surface area contributed by atoms with Crippen molar-refractivity contribution in [2.45, 2.75) is 0 Å². The Morgan fingerprint density at radius 1 is 0.234 bits per heavy atom. The van der Waals surface area contributed by atoms with Crippen LogP contribution in [0.4, 0.5) is 0 Å². The number of fused-ring (bicyclic) bond motifs is 3. The lowest BCUT2D eigenvalue weighted by atomic mass is 9.96. The standard InChI is InChI=1S/C58H38N6/c1-3-19-47(20-4-1)63-53-27-11-9-25-51(53)61-57(63)41-33-29-39(30-34-41)43-15-13-17-45(37-43)55-56(60-50-24-8-7-23-49(50)59-55)46-18-14-16-44(38-46)40-31-35-42(36-32-40)58-62-52-26-10-12-28-54(52)64(58)48-21-5-2-6-22-48/h1-38H. The molecule has 0 aliphatic carbocycles. The van der Waals surface area contributed by atoms with Gasteiger partial charge in [0.25, 0.3) is 0 Å². The first-order valence-corrected chi connectivity index (χ1v) is 21.5. The van der Waals surface area contributed by atoms with Crippen LogP contribution in [-0.4, -0.2) is 29.1 Å². The van der Waals surface area contributed by atoms with Crippen LogP contribution in [0.3, 0.4) is 0 Å². The highest BCUT2D eigenvalue weighted by Crippen LogP contribution is 2.37. The fourth-order valence-corrected chi connectivity index (χ4v) is 8.83. The van der Waals surface area contributed by atoms with Crippen molar-refractivity contribution in [1.29, 1.82) is 0 Å². The van der Waals surface area contributed by atoms with E-state index in [-0.39, 0.29) is 0 Å². The second kappa shape index (κ2) is 15.6. The first-order valence-electron chi connectivity index (χ1n) is 21.5. The van der Waals surface area contributed by atoms with Crippen molar-refractivity contribution in [2.24, 2.45) is 0 Å². The fourth-order valence-electron chi connectivity index (χ4n) is 8.83. The van der Waals surface area contributed by atoms with E-state index in [9.17, 15) is 0 Å². The van der Waals surface area contributed by atoms with Gasteiger partial charge in [-0.2, -0.15) is 0 Å². The summed E-state index contributed by atoms with van der Waals surface area (Å²) in [7, 11) is 0. The van der Waals surface area contributed by atoms with E-state index in [1.807, 2.05) is 48.5 Å². The largest absolute Gasteiger partial charge is 0.292 e. The topological polar surface area (TPSA) is 61.4 Å². The van der Waals surface area contributed by atoms with Gasteiger partial charge < -0.3 is 0 Å². The van der Waals surface area contributed by atoms with E-state index in [0.29, 0.717) is 0 Å². The molecule has 300 valence electrons. The van der Waals surface area contributed by atoms with E-state index in [4.69, 9.17) is 19.9 Å². The molecule has 0 aliphatic heterocycles. The number of rotatable bonds is 8. The van der Waals surface area contributed by atoms with E-state index in [1.54, 1.807) is 0 Å². The second-order valence-electron chi connectivity index (χ2n) is 15.9. The molecular formula is C58H38N6. The molecule has 0 saturated heterocycles. The lowest BCUT2D eigenvalue weighted by Gasteiger charge is -2.13. The summed E-state index contributed by atoms with van der Waals surface area (Å²) >= 11 is 0. The van der Waals surface area contributed by atoms with Gasteiger partial charge in [-0.1, -0.05) is 158 Å². The minimum atomic E-state index is 0.834. The Kier molecular flexibility index (Phi) is 9.05. The number of hydrogen-bond acceptors (Lipinski definition) is 4. The predicted molar refractivity (Wildman–Crippen MR) is 261 cm³/mol. The zero-order valence-corrected chi connectivity index (χ0v) is 34.6. The minimum absolute atomic E-state index is 0.834. The number of imidazole rings is 2. The average Bonchev–Trinajstić information content (AvgIpc) is 3.96. The maximum Gasteiger partial charge on any atom is 0.145 e. The van der Waals surface area contributed by atoms with Gasteiger partial charge in [0.2, 0.25) is 0 Å². The van der Waals surface area contributed by atoms with Gasteiger partial charge in [-0.3, -0.25) is 9.13 Å². The highest BCUT2D eigenvalue weighted by Gasteiger charge is 2.18. The first-order chi connectivity index (χ1) is 31.7. The van der Waals surface area contributed by atoms with Crippen LogP contribution in [0.1, 0.15) is 0 Å². The molecule has 9 aromatic carbocycles. The molecular weight excluding hydrogens is 781 g/mol. The molecule has 0 fully saturated rings. The third kappa shape index (κ3) is 6.62. The van der Waals surface area contributed by atoms with Crippen molar-refractivity contribution < 1.29 is 0 Å². The molecule has 0 amide bonds. The van der Waals surface area contributed by atoms with Gasteiger partial charge in [0.05, 0.1) is 44.5 Å². The summed E-state index contributed by atoms with van der Waals surface area (Å²) in [5.41, 5.74) is 18.1. The van der Waals surface area contributed by atoms with Crippen LogP contribution in [-0.2, 0) is 0 Å². The Labute approximate surface area is 370 Å². The quantitative estimate of drug-likeness (QED) is 0.153. The number of nitrogens with zero attached hydrogens (tertiary/aromatic N) is 6. The lowest BCUT2D eigenvalue weighted by molar-refractivity contribution is 1.10. The van der Waals surface area contributed by atoms with E-state index < -0.39 is 0 Å². The van der Waals surface area contributed by atoms with Crippen LogP contribution in [0, 0.1) is 0 Å². The Balaban J connectivity index is 0.896. The van der Waals surface area contributed by atoms with Crippen LogP contribution in [0.25, 0.3) is 112 Å². The number of para-hydroxylation sites is 8. The van der Waals surface area contributed by atoms with Crippen molar-refractivity contribution in [3.63, 3.8) is 0 Å². The van der Waals surface area contributed by atoms with Crippen molar-refractivity contribution >= 4 is 33.1 Å². The van der Waals surface area contributed by atoms with Crippen LogP contribution in [0.15, 0.2) is 231 Å². The molecule has 0 atom stereocenters. The van der Waals surface area contributed by atoms with E-state index in [0.717, 1.165) is 112 Å². The zero-order valence-electron chi connectivity index (χ0n) is 34.6. The monoisotopic (exact) mass is 818 g/mol. The van der Waals surface area contributed by atoms with Crippen molar-refractivity contribution in [2.75, 3.05) is 0 Å². The summed E-state index contributed by atoms with van der Waals surface area (Å²) in [6.45, 7) is 0. The average molecular weight is 819 g/mol. The highest BCUT2D eigenvalue weighted by atomic mass is 15.1. The summed E-state index contributed by atoms with van der Waals surface area (Å²) in [4.78, 5) is 20.7. The number of benzene rings is 9. The van der Waals surface area contributed by atoms with Crippen LogP contribution < -0.4 is 0 Å². The maximum absolute atomic E-state index is 5.29. The molecule has 64 heavy (non-hydrogen) atoms. The molecule has 6 nitrogen and oxygen atoms in total. The molecule has 0 N–H and O–H groups in total. The summed E-state index contributed by atoms with van der Waals surface area (Å²) < 4.78 is 4.47. The summed E-state index contributed by atoms with van der Waals surface area (Å²) in [6.07, 6.45) is 0. The second-order valence-corrected chi connectivity index (χ2v) is 15.9. The SMILES string of the molecule is c1ccc(-n2c(-c3ccc(-c4cccc(-c5nc6ccccc6nc5-c5cccc(-c6ccc(-c7nc8ccccc8n7-c7ccccc7)cc6)c5)c4)cc3)nc3ccccc32)cc1. The third-order valence-corrected chi connectivity index (χ3v) is 11.9. The lowest BCUT2D eigenvalue weighted by Crippen LogP contribution is -1.97.